The number of amides is 2. The molecular formula is C40H40N6O8S. The zero-order chi connectivity index (χ0) is 38.4. The van der Waals surface area contributed by atoms with Crippen molar-refractivity contribution in [1.29, 1.82) is 0 Å². The molecule has 0 saturated carbocycles. The molecule has 2 aliphatic heterocycles. The second-order valence-electron chi connectivity index (χ2n) is 13.5. The molecule has 3 aromatic carbocycles. The maximum absolute atomic E-state index is 13.7. The van der Waals surface area contributed by atoms with Gasteiger partial charge < -0.3 is 24.7 Å². The summed E-state index contributed by atoms with van der Waals surface area (Å²) in [4.78, 5) is 46.8. The number of pyridine rings is 1. The van der Waals surface area contributed by atoms with Crippen LogP contribution in [0.4, 0.5) is 11.4 Å². The summed E-state index contributed by atoms with van der Waals surface area (Å²) in [5.41, 5.74) is 3.08. The average molecular weight is 765 g/mol. The standard InChI is InChI=1S/C40H40N6O8S/c47-38(11-6-27-4-2-1-3-5-27)45-18-13-29(14-19-45)30-7-9-34(37(23-30)54-32-22-31-12-17-41-39(31)43-26-32)40(48)44-55(51,52)33-8-10-35(36(24-33)46(49)50)42-25-28-15-20-53-21-16-28/h1-5,7-10,12-13,17,22-24,26,28,42H,6,11,14-16,18-21,25H2,(H,41,43)(H,44,48). The lowest BCUT2D eigenvalue weighted by atomic mass is 9.97. The number of anilines is 1. The number of nitro groups is 1. The first kappa shape index (κ1) is 37.3. The Bertz CT molecular complexity index is 2360. The first-order chi connectivity index (χ1) is 26.6. The monoisotopic (exact) mass is 764 g/mol. The molecule has 3 N–H and O–H groups in total. The van der Waals surface area contributed by atoms with Crippen molar-refractivity contribution in [3.63, 3.8) is 0 Å². The average Bonchev–Trinajstić information content (AvgIpc) is 3.68. The van der Waals surface area contributed by atoms with E-state index in [9.17, 15) is 28.1 Å². The fourth-order valence-electron chi connectivity index (χ4n) is 6.73. The van der Waals surface area contributed by atoms with Gasteiger partial charge in [0.1, 0.15) is 22.8 Å². The van der Waals surface area contributed by atoms with E-state index in [1.807, 2.05) is 47.4 Å². The number of nitro benzene ring substituents is 1. The summed E-state index contributed by atoms with van der Waals surface area (Å²) in [7, 11) is -4.56. The van der Waals surface area contributed by atoms with Gasteiger partial charge in [0.15, 0.2) is 0 Å². The molecule has 0 spiro atoms. The number of aromatic nitrogens is 2. The Morgan fingerprint density at radius 2 is 1.85 bits per heavy atom. The van der Waals surface area contributed by atoms with Crippen LogP contribution in [-0.2, 0) is 26.0 Å². The largest absolute Gasteiger partial charge is 0.455 e. The fourth-order valence-corrected chi connectivity index (χ4v) is 7.71. The Labute approximate surface area is 317 Å². The van der Waals surface area contributed by atoms with Gasteiger partial charge in [-0.15, -0.1) is 0 Å². The van der Waals surface area contributed by atoms with Crippen molar-refractivity contribution in [1.82, 2.24) is 19.6 Å². The maximum atomic E-state index is 13.7. The van der Waals surface area contributed by atoms with Crippen LogP contribution < -0.4 is 14.8 Å². The second-order valence-corrected chi connectivity index (χ2v) is 15.2. The molecule has 2 aromatic heterocycles. The van der Waals surface area contributed by atoms with Gasteiger partial charge in [-0.3, -0.25) is 19.7 Å². The van der Waals surface area contributed by atoms with E-state index < -0.39 is 31.4 Å². The Balaban J connectivity index is 1.10. The van der Waals surface area contributed by atoms with Crippen LogP contribution in [0.3, 0.4) is 0 Å². The number of hydrogen-bond donors (Lipinski definition) is 3. The van der Waals surface area contributed by atoms with Crippen molar-refractivity contribution >= 4 is 49.8 Å². The molecule has 1 fully saturated rings. The predicted molar refractivity (Wildman–Crippen MR) is 206 cm³/mol. The van der Waals surface area contributed by atoms with E-state index in [-0.39, 0.29) is 28.8 Å². The van der Waals surface area contributed by atoms with Crippen LogP contribution in [0, 0.1) is 16.0 Å². The van der Waals surface area contributed by atoms with Gasteiger partial charge in [-0.25, -0.2) is 18.1 Å². The molecular weight excluding hydrogens is 725 g/mol. The van der Waals surface area contributed by atoms with E-state index in [4.69, 9.17) is 9.47 Å². The number of fused-ring (bicyclic) bond motifs is 1. The smallest absolute Gasteiger partial charge is 0.293 e. The molecule has 2 aliphatic rings. The van der Waals surface area contributed by atoms with Gasteiger partial charge in [0, 0.05) is 56.9 Å². The number of nitrogens with zero attached hydrogens (tertiary/aromatic N) is 3. The van der Waals surface area contributed by atoms with E-state index in [1.165, 1.54) is 24.4 Å². The summed E-state index contributed by atoms with van der Waals surface area (Å²) in [6.07, 6.45) is 8.44. The van der Waals surface area contributed by atoms with Crippen molar-refractivity contribution in [3.8, 4) is 11.5 Å². The van der Waals surface area contributed by atoms with E-state index in [0.29, 0.717) is 63.5 Å². The molecule has 0 unspecified atom stereocenters. The minimum Gasteiger partial charge on any atom is -0.455 e. The van der Waals surface area contributed by atoms with Crippen molar-refractivity contribution in [2.75, 3.05) is 38.2 Å². The van der Waals surface area contributed by atoms with Crippen molar-refractivity contribution in [3.05, 3.63) is 124 Å². The van der Waals surface area contributed by atoms with Crippen LogP contribution >= 0.6 is 0 Å². The van der Waals surface area contributed by atoms with Crippen molar-refractivity contribution in [2.45, 2.75) is 37.0 Å². The normalized spacial score (nSPS) is 15.0. The fraction of sp³-hybridized carbons (Fsp3) is 0.275. The molecule has 1 saturated heterocycles. The number of aryl methyl sites for hydroxylation is 1. The van der Waals surface area contributed by atoms with E-state index >= 15 is 0 Å². The van der Waals surface area contributed by atoms with E-state index in [0.717, 1.165) is 41.0 Å². The van der Waals surface area contributed by atoms with Gasteiger partial charge in [0.2, 0.25) is 5.91 Å². The number of nitrogens with one attached hydrogen (secondary N) is 3. The second kappa shape index (κ2) is 16.5. The number of carbonyl (C=O) groups is 2. The third-order valence-electron chi connectivity index (χ3n) is 9.86. The van der Waals surface area contributed by atoms with Crippen LogP contribution in [0.2, 0.25) is 0 Å². The number of rotatable bonds is 13. The highest BCUT2D eigenvalue weighted by molar-refractivity contribution is 7.90. The summed E-state index contributed by atoms with van der Waals surface area (Å²) in [5, 5.41) is 15.8. The molecule has 55 heavy (non-hydrogen) atoms. The maximum Gasteiger partial charge on any atom is 0.293 e. The molecule has 0 atom stereocenters. The SMILES string of the molecule is O=C(NS(=O)(=O)c1ccc(NCC2CCOCC2)c([N+](=O)[O-])c1)c1ccc(C2=CCN(C(=O)CCc3ccccc3)CC2)cc1Oc1cnc2[nH]ccc2c1. The Morgan fingerprint density at radius 1 is 1.04 bits per heavy atom. The summed E-state index contributed by atoms with van der Waals surface area (Å²) < 4.78 is 40.7. The predicted octanol–water partition coefficient (Wildman–Crippen LogP) is 6.47. The number of sulfonamides is 1. The summed E-state index contributed by atoms with van der Waals surface area (Å²) >= 11 is 0. The Morgan fingerprint density at radius 3 is 2.62 bits per heavy atom. The molecule has 5 aromatic rings. The third kappa shape index (κ3) is 9.01. The first-order valence-corrected chi connectivity index (χ1v) is 19.5. The molecule has 0 aliphatic carbocycles. The van der Waals surface area contributed by atoms with Crippen LogP contribution in [0.25, 0.3) is 16.6 Å². The van der Waals surface area contributed by atoms with Crippen molar-refractivity contribution < 1.29 is 32.4 Å². The van der Waals surface area contributed by atoms with Gasteiger partial charge in [-0.05, 0) is 84.7 Å². The number of hydrogen-bond acceptors (Lipinski definition) is 10. The molecule has 15 heteroatoms. The van der Waals surface area contributed by atoms with Gasteiger partial charge in [0.05, 0.1) is 21.6 Å². The zero-order valence-corrected chi connectivity index (χ0v) is 30.7. The number of carbonyl (C=O) groups excluding carboxylic acids is 2. The highest BCUT2D eigenvalue weighted by atomic mass is 32.2. The molecule has 2 amide bonds. The number of H-pyrrole nitrogens is 1. The summed E-state index contributed by atoms with van der Waals surface area (Å²) in [5.74, 6) is -0.274. The molecule has 284 valence electrons. The minimum atomic E-state index is -4.56. The summed E-state index contributed by atoms with van der Waals surface area (Å²) in [6.45, 7) is 2.65. The Hall–Kier alpha value is -6.06. The Kier molecular flexibility index (Phi) is 11.2. The third-order valence-corrected chi connectivity index (χ3v) is 11.2. The highest BCUT2D eigenvalue weighted by Gasteiger charge is 2.27. The number of ether oxygens (including phenoxy) is 2. The van der Waals surface area contributed by atoms with Crippen LogP contribution in [0.1, 0.15) is 47.2 Å². The van der Waals surface area contributed by atoms with Gasteiger partial charge >= 0.3 is 0 Å². The van der Waals surface area contributed by atoms with E-state index in [2.05, 4.69) is 20.0 Å². The van der Waals surface area contributed by atoms with Crippen LogP contribution in [0.15, 0.2) is 102 Å². The quantitative estimate of drug-likeness (QED) is 0.0887. The minimum absolute atomic E-state index is 0.0651. The molecule has 4 heterocycles. The number of aromatic amines is 1. The molecule has 0 bridgehead atoms. The van der Waals surface area contributed by atoms with Gasteiger partial charge in [0.25, 0.3) is 21.6 Å². The van der Waals surface area contributed by atoms with Gasteiger partial charge in [-0.2, -0.15) is 0 Å². The molecule has 7 rings (SSSR count). The lowest BCUT2D eigenvalue weighted by molar-refractivity contribution is -0.384. The molecule has 0 radical (unpaired) electrons. The topological polar surface area (TPSA) is 186 Å². The lowest BCUT2D eigenvalue weighted by Gasteiger charge is -2.27. The zero-order valence-electron chi connectivity index (χ0n) is 29.9. The first-order valence-electron chi connectivity index (χ1n) is 18.1. The van der Waals surface area contributed by atoms with Crippen molar-refractivity contribution in [2.24, 2.45) is 5.92 Å². The molecule has 14 nitrogen and oxygen atoms in total. The number of benzene rings is 3. The van der Waals surface area contributed by atoms with Crippen LogP contribution in [0.5, 0.6) is 11.5 Å². The highest BCUT2D eigenvalue weighted by Crippen LogP contribution is 2.33. The summed E-state index contributed by atoms with van der Waals surface area (Å²) in [6, 6.07) is 21.7. The van der Waals surface area contributed by atoms with E-state index in [1.54, 1.807) is 24.4 Å². The lowest BCUT2D eigenvalue weighted by Crippen LogP contribution is -2.34. The van der Waals surface area contributed by atoms with Gasteiger partial charge in [-0.1, -0.05) is 42.5 Å². The van der Waals surface area contributed by atoms with Crippen LogP contribution in [-0.4, -0.2) is 72.9 Å².